The first kappa shape index (κ1) is 20.3. The van der Waals surface area contributed by atoms with E-state index < -0.39 is 0 Å². The Balaban J connectivity index is 1.95. The van der Waals surface area contributed by atoms with Crippen LogP contribution in [0.25, 0.3) is 5.57 Å². The van der Waals surface area contributed by atoms with Gasteiger partial charge in [0, 0.05) is 5.75 Å². The predicted molar refractivity (Wildman–Crippen MR) is 121 cm³/mol. The number of aliphatic imine (C=N–C) groups is 1. The predicted octanol–water partition coefficient (Wildman–Crippen LogP) is 6.84. The number of hydrogen-bond acceptors (Lipinski definition) is 3. The van der Waals surface area contributed by atoms with Gasteiger partial charge in [0.05, 0.1) is 22.6 Å². The van der Waals surface area contributed by atoms with E-state index in [-0.39, 0.29) is 6.04 Å². The molecule has 0 amide bonds. The van der Waals surface area contributed by atoms with Gasteiger partial charge in [0.15, 0.2) is 5.17 Å². The highest BCUT2D eigenvalue weighted by atomic mass is 35.5. The highest BCUT2D eigenvalue weighted by Crippen LogP contribution is 2.36. The number of allylic oxidation sites excluding steroid dienone is 1. The van der Waals surface area contributed by atoms with Gasteiger partial charge in [-0.15, -0.1) is 0 Å². The monoisotopic (exact) mass is 418 g/mol. The molecule has 0 aliphatic carbocycles. The molecule has 0 bridgehead atoms. The van der Waals surface area contributed by atoms with E-state index in [2.05, 4.69) is 55.4 Å². The van der Waals surface area contributed by atoms with Crippen LogP contribution in [0.4, 0.5) is 0 Å². The van der Waals surface area contributed by atoms with Crippen molar-refractivity contribution >= 4 is 45.7 Å². The second-order valence-corrected chi connectivity index (χ2v) is 8.58. The van der Waals surface area contributed by atoms with E-state index in [0.29, 0.717) is 10.0 Å². The molecule has 2 nitrogen and oxygen atoms in total. The van der Waals surface area contributed by atoms with E-state index in [4.69, 9.17) is 23.2 Å². The van der Waals surface area contributed by atoms with Crippen molar-refractivity contribution in [3.63, 3.8) is 0 Å². The van der Waals surface area contributed by atoms with Crippen LogP contribution in [0.2, 0.25) is 10.0 Å². The second-order valence-electron chi connectivity index (χ2n) is 6.71. The van der Waals surface area contributed by atoms with Crippen molar-refractivity contribution in [3.8, 4) is 0 Å². The summed E-state index contributed by atoms with van der Waals surface area (Å²) in [7, 11) is 0. The van der Waals surface area contributed by atoms with Gasteiger partial charge >= 0.3 is 0 Å². The number of nitrogens with one attached hydrogen (secondary N) is 1. The Bertz CT molecular complexity index is 890. The molecule has 2 aromatic carbocycles. The van der Waals surface area contributed by atoms with Crippen LogP contribution < -0.4 is 5.32 Å². The molecular weight excluding hydrogens is 395 g/mol. The number of amidine groups is 1. The molecule has 0 spiro atoms. The van der Waals surface area contributed by atoms with Gasteiger partial charge in [0.25, 0.3) is 0 Å². The maximum absolute atomic E-state index is 6.56. The van der Waals surface area contributed by atoms with Crippen LogP contribution in [0, 0.1) is 13.8 Å². The molecule has 1 aliphatic rings. The standard InChI is InChI=1S/C22H24Cl2N2S/c1-4-16(17-9-8-14(2)12-15(17)3)13-20(26-22-25-10-11-27-22)18-6-5-7-19(23)21(18)24/h4-9,12,20H,10-11,13H2,1-3H3,(H,25,26)/b16-4-. The van der Waals surface area contributed by atoms with Crippen molar-refractivity contribution in [2.75, 3.05) is 12.3 Å². The van der Waals surface area contributed by atoms with Gasteiger partial charge in [-0.25, -0.2) is 0 Å². The fourth-order valence-corrected chi connectivity index (χ4v) is 4.60. The topological polar surface area (TPSA) is 24.4 Å². The third-order valence-corrected chi connectivity index (χ3v) is 6.48. The van der Waals surface area contributed by atoms with Gasteiger partial charge in [-0.05, 0) is 55.5 Å². The number of rotatable bonds is 5. The number of aryl methyl sites for hydroxylation is 2. The maximum atomic E-state index is 6.56. The Hall–Kier alpha value is -1.42. The zero-order chi connectivity index (χ0) is 19.4. The smallest absolute Gasteiger partial charge is 0.157 e. The zero-order valence-electron chi connectivity index (χ0n) is 15.9. The number of benzene rings is 2. The largest absolute Gasteiger partial charge is 0.358 e. The molecular formula is C22H24Cl2N2S. The molecule has 0 radical (unpaired) electrons. The van der Waals surface area contributed by atoms with Crippen molar-refractivity contribution < 1.29 is 0 Å². The summed E-state index contributed by atoms with van der Waals surface area (Å²) in [6.07, 6.45) is 2.99. The van der Waals surface area contributed by atoms with E-state index in [1.54, 1.807) is 11.8 Å². The summed E-state index contributed by atoms with van der Waals surface area (Å²) in [4.78, 5) is 4.56. The number of halogens is 2. The highest BCUT2D eigenvalue weighted by Gasteiger charge is 2.21. The Morgan fingerprint density at radius 2 is 2.07 bits per heavy atom. The molecule has 0 aromatic heterocycles. The Morgan fingerprint density at radius 1 is 1.26 bits per heavy atom. The van der Waals surface area contributed by atoms with Crippen molar-refractivity contribution in [3.05, 3.63) is 74.8 Å². The normalized spacial score (nSPS) is 15.6. The van der Waals surface area contributed by atoms with E-state index in [1.807, 2.05) is 18.2 Å². The van der Waals surface area contributed by atoms with Crippen molar-refractivity contribution in [1.29, 1.82) is 0 Å². The van der Waals surface area contributed by atoms with E-state index in [1.165, 1.54) is 22.3 Å². The summed E-state index contributed by atoms with van der Waals surface area (Å²) >= 11 is 14.6. The Morgan fingerprint density at radius 3 is 2.74 bits per heavy atom. The van der Waals surface area contributed by atoms with Gasteiger partial charge in [0.2, 0.25) is 0 Å². The Labute approximate surface area is 176 Å². The quantitative estimate of drug-likeness (QED) is 0.574. The van der Waals surface area contributed by atoms with Crippen LogP contribution in [0.3, 0.4) is 0 Å². The fourth-order valence-electron chi connectivity index (χ4n) is 3.38. The molecule has 0 saturated heterocycles. The second kappa shape index (κ2) is 9.18. The molecule has 1 heterocycles. The lowest BCUT2D eigenvalue weighted by molar-refractivity contribution is 0.670. The molecule has 1 aliphatic heterocycles. The van der Waals surface area contributed by atoms with Crippen LogP contribution in [-0.4, -0.2) is 17.5 Å². The molecule has 1 atom stereocenters. The third kappa shape index (κ3) is 4.90. The lowest BCUT2D eigenvalue weighted by Crippen LogP contribution is -2.26. The average Bonchev–Trinajstić information content (AvgIpc) is 3.15. The maximum Gasteiger partial charge on any atom is 0.157 e. The summed E-state index contributed by atoms with van der Waals surface area (Å²) in [5.74, 6) is 1.02. The minimum absolute atomic E-state index is 0.00690. The molecule has 1 unspecified atom stereocenters. The van der Waals surface area contributed by atoms with Crippen LogP contribution in [0.5, 0.6) is 0 Å². The van der Waals surface area contributed by atoms with E-state index in [0.717, 1.165) is 29.4 Å². The van der Waals surface area contributed by atoms with Crippen molar-refractivity contribution in [1.82, 2.24) is 5.32 Å². The number of hydrogen-bond donors (Lipinski definition) is 1. The first-order valence-corrected chi connectivity index (χ1v) is 10.8. The summed E-state index contributed by atoms with van der Waals surface area (Å²) in [6, 6.07) is 12.4. The minimum Gasteiger partial charge on any atom is -0.358 e. The van der Waals surface area contributed by atoms with Crippen molar-refractivity contribution in [2.24, 2.45) is 4.99 Å². The van der Waals surface area contributed by atoms with Crippen LogP contribution in [0.15, 0.2) is 47.5 Å². The first-order valence-electron chi connectivity index (χ1n) is 9.10. The van der Waals surface area contributed by atoms with Crippen LogP contribution in [0.1, 0.15) is 41.6 Å². The molecule has 3 rings (SSSR count). The average molecular weight is 419 g/mol. The zero-order valence-corrected chi connectivity index (χ0v) is 18.2. The Kier molecular flexibility index (Phi) is 6.91. The molecule has 5 heteroatoms. The summed E-state index contributed by atoms with van der Waals surface area (Å²) < 4.78 is 0. The number of thioether (sulfide) groups is 1. The van der Waals surface area contributed by atoms with Gasteiger partial charge in [-0.1, -0.05) is 76.9 Å². The fraction of sp³-hybridized carbons (Fsp3) is 0.318. The van der Waals surface area contributed by atoms with Crippen LogP contribution in [-0.2, 0) is 0 Å². The summed E-state index contributed by atoms with van der Waals surface area (Å²) in [5, 5.41) is 5.76. The molecule has 0 fully saturated rings. The van der Waals surface area contributed by atoms with Gasteiger partial charge < -0.3 is 5.32 Å². The lowest BCUT2D eigenvalue weighted by Gasteiger charge is -2.24. The molecule has 0 saturated carbocycles. The summed E-state index contributed by atoms with van der Waals surface area (Å²) in [6.45, 7) is 7.23. The first-order chi connectivity index (χ1) is 13.0. The lowest BCUT2D eigenvalue weighted by atomic mass is 9.91. The van der Waals surface area contributed by atoms with E-state index in [9.17, 15) is 0 Å². The summed E-state index contributed by atoms with van der Waals surface area (Å²) in [5.41, 5.74) is 6.12. The van der Waals surface area contributed by atoms with Gasteiger partial charge in [-0.2, -0.15) is 0 Å². The molecule has 142 valence electrons. The molecule has 2 aromatic rings. The van der Waals surface area contributed by atoms with Gasteiger partial charge in [-0.3, -0.25) is 4.99 Å². The van der Waals surface area contributed by atoms with E-state index >= 15 is 0 Å². The SMILES string of the molecule is C/C=C(/CC(NC1=NCCS1)c1cccc(Cl)c1Cl)c1ccc(C)cc1C. The minimum atomic E-state index is 0.00690. The van der Waals surface area contributed by atoms with Gasteiger partial charge in [0.1, 0.15) is 0 Å². The van der Waals surface area contributed by atoms with Crippen molar-refractivity contribution in [2.45, 2.75) is 33.2 Å². The number of nitrogens with zero attached hydrogens (tertiary/aromatic N) is 1. The molecule has 1 N–H and O–H groups in total. The molecule has 27 heavy (non-hydrogen) atoms. The highest BCUT2D eigenvalue weighted by molar-refractivity contribution is 8.14. The third-order valence-electron chi connectivity index (χ3n) is 4.74. The van der Waals surface area contributed by atoms with Crippen LogP contribution >= 0.6 is 35.0 Å².